The highest BCUT2D eigenvalue weighted by atomic mass is 32.2. The average molecular weight is 253 g/mol. The monoisotopic (exact) mass is 253 g/mol. The molecule has 0 bridgehead atoms. The van der Waals surface area contributed by atoms with Gasteiger partial charge in [0.25, 0.3) is 0 Å². The molecule has 3 atom stereocenters. The Hall–Kier alpha value is -0.870. The van der Waals surface area contributed by atoms with Crippen molar-refractivity contribution in [3.8, 4) is 0 Å². The maximum atomic E-state index is 12.1. The molecule has 1 saturated heterocycles. The number of hydrogen-bond donors (Lipinski definition) is 1. The standard InChI is InChI=1S/C13H19NO2S/c1-10-13(6-8-16-10)17(15)9-7-11-2-4-12(14)5-3-11/h2-5,10,13H,6-9,14H2,1H3. The van der Waals surface area contributed by atoms with E-state index in [0.29, 0.717) is 5.75 Å². The van der Waals surface area contributed by atoms with Gasteiger partial charge in [-0.05, 0) is 37.5 Å². The largest absolute Gasteiger partial charge is 0.399 e. The van der Waals surface area contributed by atoms with Gasteiger partial charge in [0.1, 0.15) is 0 Å². The van der Waals surface area contributed by atoms with Gasteiger partial charge in [-0.2, -0.15) is 0 Å². The van der Waals surface area contributed by atoms with Gasteiger partial charge in [-0.25, -0.2) is 0 Å². The number of nitrogens with two attached hydrogens (primary N) is 1. The smallest absolute Gasteiger partial charge is 0.0691 e. The molecular weight excluding hydrogens is 234 g/mol. The zero-order valence-electron chi connectivity index (χ0n) is 10.1. The van der Waals surface area contributed by atoms with E-state index in [1.54, 1.807) is 0 Å². The molecule has 0 aromatic heterocycles. The molecule has 2 N–H and O–H groups in total. The topological polar surface area (TPSA) is 52.3 Å². The summed E-state index contributed by atoms with van der Waals surface area (Å²) in [6.07, 6.45) is 1.91. The summed E-state index contributed by atoms with van der Waals surface area (Å²) >= 11 is 0. The lowest BCUT2D eigenvalue weighted by Gasteiger charge is -2.13. The number of hydrogen-bond acceptors (Lipinski definition) is 3. The van der Waals surface area contributed by atoms with Crippen LogP contribution in [-0.2, 0) is 22.0 Å². The quantitative estimate of drug-likeness (QED) is 0.832. The van der Waals surface area contributed by atoms with Gasteiger partial charge in [0, 0.05) is 28.8 Å². The van der Waals surface area contributed by atoms with Crippen LogP contribution < -0.4 is 5.73 Å². The van der Waals surface area contributed by atoms with Gasteiger partial charge in [0.15, 0.2) is 0 Å². The lowest BCUT2D eigenvalue weighted by Crippen LogP contribution is -2.25. The molecule has 4 heteroatoms. The Kier molecular flexibility index (Phi) is 4.18. The van der Waals surface area contributed by atoms with Crippen molar-refractivity contribution in [1.82, 2.24) is 0 Å². The molecule has 2 rings (SSSR count). The van der Waals surface area contributed by atoms with Crippen LogP contribution in [0.1, 0.15) is 18.9 Å². The maximum absolute atomic E-state index is 12.1. The van der Waals surface area contributed by atoms with Crippen LogP contribution in [0.5, 0.6) is 0 Å². The van der Waals surface area contributed by atoms with Gasteiger partial charge in [0.2, 0.25) is 0 Å². The van der Waals surface area contributed by atoms with Crippen molar-refractivity contribution in [3.63, 3.8) is 0 Å². The van der Waals surface area contributed by atoms with E-state index in [1.165, 1.54) is 5.56 Å². The van der Waals surface area contributed by atoms with Gasteiger partial charge in [0.05, 0.1) is 11.4 Å². The predicted octanol–water partition coefficient (Wildman–Crippen LogP) is 1.74. The highest BCUT2D eigenvalue weighted by molar-refractivity contribution is 7.85. The molecule has 1 aliphatic heterocycles. The summed E-state index contributed by atoms with van der Waals surface area (Å²) in [5, 5.41) is 0.212. The summed E-state index contributed by atoms with van der Waals surface area (Å²) in [6.45, 7) is 2.76. The molecule has 1 aromatic carbocycles. The second-order valence-electron chi connectivity index (χ2n) is 4.48. The molecule has 3 nitrogen and oxygen atoms in total. The molecule has 0 spiro atoms. The Morgan fingerprint density at radius 1 is 1.41 bits per heavy atom. The van der Waals surface area contributed by atoms with E-state index in [-0.39, 0.29) is 11.4 Å². The first-order valence-electron chi connectivity index (χ1n) is 6.00. The Morgan fingerprint density at radius 3 is 2.71 bits per heavy atom. The molecule has 17 heavy (non-hydrogen) atoms. The number of aryl methyl sites for hydroxylation is 1. The van der Waals surface area contributed by atoms with Crippen molar-refractivity contribution in [1.29, 1.82) is 0 Å². The van der Waals surface area contributed by atoms with E-state index < -0.39 is 10.8 Å². The fourth-order valence-electron chi connectivity index (χ4n) is 2.11. The first-order chi connectivity index (χ1) is 8.16. The number of anilines is 1. The van der Waals surface area contributed by atoms with Crippen molar-refractivity contribution in [3.05, 3.63) is 29.8 Å². The van der Waals surface area contributed by atoms with Crippen molar-refractivity contribution >= 4 is 16.5 Å². The minimum Gasteiger partial charge on any atom is -0.399 e. The molecule has 1 aromatic rings. The second-order valence-corrected chi connectivity index (χ2v) is 6.25. The van der Waals surface area contributed by atoms with Crippen LogP contribution in [-0.4, -0.2) is 27.9 Å². The van der Waals surface area contributed by atoms with Gasteiger partial charge >= 0.3 is 0 Å². The molecule has 0 aliphatic carbocycles. The van der Waals surface area contributed by atoms with E-state index in [1.807, 2.05) is 31.2 Å². The molecule has 0 saturated carbocycles. The van der Waals surface area contributed by atoms with Crippen LogP contribution in [0.4, 0.5) is 5.69 Å². The lowest BCUT2D eigenvalue weighted by molar-refractivity contribution is 0.127. The molecule has 1 aliphatic rings. The third kappa shape index (κ3) is 3.30. The fraction of sp³-hybridized carbons (Fsp3) is 0.538. The fourth-order valence-corrected chi connectivity index (χ4v) is 3.72. The molecule has 1 fully saturated rings. The number of rotatable bonds is 4. The maximum Gasteiger partial charge on any atom is 0.0691 e. The summed E-state index contributed by atoms with van der Waals surface area (Å²) < 4.78 is 17.5. The van der Waals surface area contributed by atoms with E-state index in [0.717, 1.165) is 25.1 Å². The number of benzene rings is 1. The normalized spacial score (nSPS) is 25.9. The summed E-state index contributed by atoms with van der Waals surface area (Å²) in [5.74, 6) is 0.711. The Labute approximate surface area is 105 Å². The second kappa shape index (κ2) is 5.65. The number of nitrogen functional groups attached to an aromatic ring is 1. The summed E-state index contributed by atoms with van der Waals surface area (Å²) in [7, 11) is -0.788. The molecule has 0 amide bonds. The van der Waals surface area contributed by atoms with Crippen molar-refractivity contribution in [2.24, 2.45) is 0 Å². The third-order valence-electron chi connectivity index (χ3n) is 3.22. The average Bonchev–Trinajstić information content (AvgIpc) is 2.74. The summed E-state index contributed by atoms with van der Waals surface area (Å²) in [6, 6.07) is 7.78. The van der Waals surface area contributed by atoms with Crippen molar-refractivity contribution < 1.29 is 8.95 Å². The molecule has 0 radical (unpaired) electrons. The van der Waals surface area contributed by atoms with E-state index >= 15 is 0 Å². The third-order valence-corrected chi connectivity index (χ3v) is 5.12. The highest BCUT2D eigenvalue weighted by Crippen LogP contribution is 2.19. The lowest BCUT2D eigenvalue weighted by atomic mass is 10.2. The SMILES string of the molecule is CC1OCCC1S(=O)CCc1ccc(N)cc1. The molecule has 3 unspecified atom stereocenters. The first kappa shape index (κ1) is 12.6. The van der Waals surface area contributed by atoms with Crippen LogP contribution >= 0.6 is 0 Å². The minimum absolute atomic E-state index is 0.141. The molecule has 94 valence electrons. The van der Waals surface area contributed by atoms with Gasteiger partial charge in [-0.3, -0.25) is 4.21 Å². The van der Waals surface area contributed by atoms with Crippen LogP contribution in [0, 0.1) is 0 Å². The van der Waals surface area contributed by atoms with Crippen LogP contribution in [0.2, 0.25) is 0 Å². The number of ether oxygens (including phenoxy) is 1. The van der Waals surface area contributed by atoms with Crippen LogP contribution in [0.15, 0.2) is 24.3 Å². The van der Waals surface area contributed by atoms with E-state index in [9.17, 15) is 4.21 Å². The van der Waals surface area contributed by atoms with Crippen molar-refractivity contribution in [2.45, 2.75) is 31.1 Å². The Morgan fingerprint density at radius 2 is 2.12 bits per heavy atom. The Bertz CT molecular complexity index is 391. The van der Waals surface area contributed by atoms with Crippen molar-refractivity contribution in [2.75, 3.05) is 18.1 Å². The highest BCUT2D eigenvalue weighted by Gasteiger charge is 2.29. The first-order valence-corrected chi connectivity index (χ1v) is 7.38. The van der Waals surface area contributed by atoms with Gasteiger partial charge in [-0.1, -0.05) is 12.1 Å². The van der Waals surface area contributed by atoms with Crippen LogP contribution in [0.25, 0.3) is 0 Å². The zero-order valence-corrected chi connectivity index (χ0v) is 10.9. The van der Waals surface area contributed by atoms with E-state index in [2.05, 4.69) is 0 Å². The van der Waals surface area contributed by atoms with E-state index in [4.69, 9.17) is 10.5 Å². The minimum atomic E-state index is -0.788. The van der Waals surface area contributed by atoms with Crippen LogP contribution in [0.3, 0.4) is 0 Å². The van der Waals surface area contributed by atoms with Gasteiger partial charge < -0.3 is 10.5 Å². The summed E-state index contributed by atoms with van der Waals surface area (Å²) in [5.41, 5.74) is 7.59. The molecular formula is C13H19NO2S. The molecule has 1 heterocycles. The van der Waals surface area contributed by atoms with Gasteiger partial charge in [-0.15, -0.1) is 0 Å². The predicted molar refractivity (Wildman–Crippen MR) is 71.4 cm³/mol. The Balaban J connectivity index is 1.85. The zero-order chi connectivity index (χ0) is 12.3. The summed E-state index contributed by atoms with van der Waals surface area (Å²) in [4.78, 5) is 0.